The molecule has 3 aromatic rings. The second kappa shape index (κ2) is 9.25. The first-order valence-electron chi connectivity index (χ1n) is 13.1. The molecule has 3 aliphatic rings. The number of rotatable bonds is 5. The fraction of sp³-hybridized carbons (Fsp3) is 0.242. The highest BCUT2D eigenvalue weighted by Crippen LogP contribution is 2.59. The number of benzene rings is 3. The van der Waals surface area contributed by atoms with Gasteiger partial charge >= 0.3 is 5.97 Å². The van der Waals surface area contributed by atoms with Crippen LogP contribution in [0.15, 0.2) is 90.5 Å². The largest absolute Gasteiger partial charge is 0.462 e. The molecule has 4 atom stereocenters. The third-order valence-electron chi connectivity index (χ3n) is 8.03. The molecule has 1 saturated heterocycles. The number of anilines is 1. The minimum absolute atomic E-state index is 0.182. The van der Waals surface area contributed by atoms with Gasteiger partial charge in [0.1, 0.15) is 0 Å². The number of carbonyl (C=O) groups excluding carboxylic acids is 3. The fourth-order valence-corrected chi connectivity index (χ4v) is 6.32. The predicted molar refractivity (Wildman–Crippen MR) is 146 cm³/mol. The summed E-state index contributed by atoms with van der Waals surface area (Å²) in [5.41, 5.74) is 7.27. The van der Waals surface area contributed by atoms with Crippen LogP contribution in [0.5, 0.6) is 0 Å². The van der Waals surface area contributed by atoms with Crippen LogP contribution in [0.25, 0.3) is 5.57 Å². The highest BCUT2D eigenvalue weighted by atomic mass is 16.5. The molecule has 5 nitrogen and oxygen atoms in total. The van der Waals surface area contributed by atoms with Crippen molar-refractivity contribution in [2.45, 2.75) is 20.8 Å². The van der Waals surface area contributed by atoms with Crippen molar-refractivity contribution < 1.29 is 19.1 Å². The number of amides is 2. The molecule has 6 rings (SSSR count). The van der Waals surface area contributed by atoms with Crippen LogP contribution >= 0.6 is 0 Å². The summed E-state index contributed by atoms with van der Waals surface area (Å²) >= 11 is 0. The van der Waals surface area contributed by atoms with Crippen molar-refractivity contribution in [1.29, 1.82) is 0 Å². The van der Waals surface area contributed by atoms with Crippen LogP contribution in [0.3, 0.4) is 0 Å². The quantitative estimate of drug-likeness (QED) is 0.247. The van der Waals surface area contributed by atoms with Gasteiger partial charge in [0.2, 0.25) is 11.8 Å². The van der Waals surface area contributed by atoms with Crippen LogP contribution in [0.4, 0.5) is 5.69 Å². The Hall–Kier alpha value is -4.25. The Kier molecular flexibility index (Phi) is 5.87. The summed E-state index contributed by atoms with van der Waals surface area (Å²) in [6, 6.07) is 23.6. The highest BCUT2D eigenvalue weighted by molar-refractivity contribution is 6.25. The number of aryl methyl sites for hydroxylation is 2. The molecule has 2 bridgehead atoms. The zero-order valence-electron chi connectivity index (χ0n) is 21.7. The molecule has 38 heavy (non-hydrogen) atoms. The zero-order chi connectivity index (χ0) is 26.6. The van der Waals surface area contributed by atoms with Gasteiger partial charge in [-0.25, -0.2) is 9.69 Å². The van der Waals surface area contributed by atoms with Gasteiger partial charge in [0, 0.05) is 11.8 Å². The number of hydrogen-bond acceptors (Lipinski definition) is 4. The average Bonchev–Trinajstić information content (AvgIpc) is 3.55. The van der Waals surface area contributed by atoms with Crippen molar-refractivity contribution in [1.82, 2.24) is 0 Å². The molecule has 1 heterocycles. The summed E-state index contributed by atoms with van der Waals surface area (Å²) in [5, 5.41) is 0. The van der Waals surface area contributed by atoms with E-state index >= 15 is 0 Å². The van der Waals surface area contributed by atoms with Crippen LogP contribution < -0.4 is 4.90 Å². The van der Waals surface area contributed by atoms with E-state index in [1.807, 2.05) is 0 Å². The maximum absolute atomic E-state index is 13.9. The summed E-state index contributed by atoms with van der Waals surface area (Å²) in [4.78, 5) is 41.8. The van der Waals surface area contributed by atoms with Gasteiger partial charge < -0.3 is 4.74 Å². The topological polar surface area (TPSA) is 63.7 Å². The van der Waals surface area contributed by atoms with Crippen molar-refractivity contribution >= 4 is 29.0 Å². The Labute approximate surface area is 222 Å². The zero-order valence-corrected chi connectivity index (χ0v) is 21.7. The number of ether oxygens (including phenoxy) is 1. The lowest BCUT2D eigenvalue weighted by Crippen LogP contribution is -2.34. The van der Waals surface area contributed by atoms with Gasteiger partial charge in [-0.1, -0.05) is 83.9 Å². The molecule has 0 aromatic heterocycles. The SMILES string of the molecule is CCOC(=O)c1ccccc1N1C(=O)[C@H]2[C@H](C1=O)[C@H]1C=C[C@H]2C1=C(c1ccc(C)cc1)c1ccc(C)cc1. The first-order valence-corrected chi connectivity index (χ1v) is 13.1. The molecular formula is C33H29NO4. The number of esters is 1. The predicted octanol–water partition coefficient (Wildman–Crippen LogP) is 5.90. The molecule has 3 aromatic carbocycles. The van der Waals surface area contributed by atoms with Crippen molar-refractivity contribution in [2.75, 3.05) is 11.5 Å². The van der Waals surface area contributed by atoms with E-state index in [4.69, 9.17) is 4.74 Å². The summed E-state index contributed by atoms with van der Waals surface area (Å²) in [5.74, 6) is -2.39. The Bertz CT molecular complexity index is 1430. The molecule has 0 N–H and O–H groups in total. The number of hydrogen-bond donors (Lipinski definition) is 0. The van der Waals surface area contributed by atoms with Gasteiger partial charge in [-0.3, -0.25) is 9.59 Å². The summed E-state index contributed by atoms with van der Waals surface area (Å²) in [7, 11) is 0. The number of fused-ring (bicyclic) bond motifs is 5. The standard InChI is InChI=1S/C33H29NO4/c1-4-38-33(37)23-7-5-6-8-26(23)34-31(35)29-24-17-18-25(30(29)32(34)36)28(24)27(21-13-9-19(2)10-14-21)22-15-11-20(3)12-16-22/h5-18,24-25,29-30H,4H2,1-3H3/t24-,25-,29+,30+/m0/s1. The molecule has 1 saturated carbocycles. The Morgan fingerprint density at radius 1 is 0.763 bits per heavy atom. The fourth-order valence-electron chi connectivity index (χ4n) is 6.32. The normalized spacial score (nSPS) is 23.2. The number of para-hydroxylation sites is 1. The van der Waals surface area contributed by atoms with Crippen LogP contribution in [-0.2, 0) is 14.3 Å². The van der Waals surface area contributed by atoms with Crippen LogP contribution in [0, 0.1) is 37.5 Å². The van der Waals surface area contributed by atoms with E-state index in [9.17, 15) is 14.4 Å². The second-order valence-electron chi connectivity index (χ2n) is 10.3. The smallest absolute Gasteiger partial charge is 0.340 e. The molecule has 2 amide bonds. The molecule has 190 valence electrons. The Balaban J connectivity index is 1.46. The number of imide groups is 1. The van der Waals surface area contributed by atoms with Gasteiger partial charge in [-0.15, -0.1) is 0 Å². The van der Waals surface area contributed by atoms with E-state index in [-0.39, 0.29) is 35.8 Å². The molecule has 0 radical (unpaired) electrons. The summed E-state index contributed by atoms with van der Waals surface area (Å²) in [6.07, 6.45) is 4.19. The summed E-state index contributed by atoms with van der Waals surface area (Å²) in [6.45, 7) is 6.07. The number of nitrogens with zero attached hydrogens (tertiary/aromatic N) is 1. The van der Waals surface area contributed by atoms with E-state index in [0.29, 0.717) is 5.69 Å². The third kappa shape index (κ3) is 3.65. The Morgan fingerprint density at radius 2 is 1.26 bits per heavy atom. The lowest BCUT2D eigenvalue weighted by Gasteiger charge is -2.23. The van der Waals surface area contributed by atoms with E-state index < -0.39 is 17.8 Å². The average molecular weight is 504 g/mol. The first-order chi connectivity index (χ1) is 18.4. The number of carbonyl (C=O) groups is 3. The van der Waals surface area contributed by atoms with Crippen LogP contribution in [-0.4, -0.2) is 24.4 Å². The van der Waals surface area contributed by atoms with Crippen molar-refractivity contribution in [3.63, 3.8) is 0 Å². The van der Waals surface area contributed by atoms with Gasteiger partial charge in [0.15, 0.2) is 0 Å². The van der Waals surface area contributed by atoms with Crippen molar-refractivity contribution in [2.24, 2.45) is 23.7 Å². The van der Waals surface area contributed by atoms with Gasteiger partial charge in [-0.2, -0.15) is 0 Å². The lowest BCUT2D eigenvalue weighted by atomic mass is 9.85. The van der Waals surface area contributed by atoms with Crippen LogP contribution in [0.1, 0.15) is 39.5 Å². The minimum Gasteiger partial charge on any atom is -0.462 e. The van der Waals surface area contributed by atoms with Gasteiger partial charge in [-0.05, 0) is 55.2 Å². The highest BCUT2D eigenvalue weighted by Gasteiger charge is 2.62. The summed E-state index contributed by atoms with van der Waals surface area (Å²) < 4.78 is 5.20. The molecular weight excluding hydrogens is 474 g/mol. The molecule has 0 spiro atoms. The number of allylic oxidation sites excluding steroid dienone is 3. The van der Waals surface area contributed by atoms with Crippen molar-refractivity contribution in [3.8, 4) is 0 Å². The van der Waals surface area contributed by atoms with E-state index in [1.54, 1.807) is 31.2 Å². The second-order valence-corrected chi connectivity index (χ2v) is 10.3. The lowest BCUT2D eigenvalue weighted by molar-refractivity contribution is -0.122. The monoisotopic (exact) mass is 503 g/mol. The maximum Gasteiger partial charge on any atom is 0.340 e. The van der Waals surface area contributed by atoms with Gasteiger partial charge in [0.05, 0.1) is 29.7 Å². The van der Waals surface area contributed by atoms with E-state index in [2.05, 4.69) is 74.5 Å². The van der Waals surface area contributed by atoms with E-state index in [0.717, 1.165) is 22.3 Å². The molecule has 5 heteroatoms. The van der Waals surface area contributed by atoms with Gasteiger partial charge in [0.25, 0.3) is 0 Å². The minimum atomic E-state index is -0.538. The van der Waals surface area contributed by atoms with Crippen LogP contribution in [0.2, 0.25) is 0 Å². The molecule has 1 aliphatic heterocycles. The first kappa shape index (κ1) is 24.1. The van der Waals surface area contributed by atoms with E-state index in [1.165, 1.54) is 16.0 Å². The molecule has 2 fully saturated rings. The third-order valence-corrected chi connectivity index (χ3v) is 8.03. The molecule has 2 aliphatic carbocycles. The Morgan fingerprint density at radius 3 is 1.76 bits per heavy atom. The van der Waals surface area contributed by atoms with Crippen molar-refractivity contribution in [3.05, 3.63) is 118 Å². The maximum atomic E-state index is 13.9. The molecule has 0 unspecified atom stereocenters.